The fourth-order valence-electron chi connectivity index (χ4n) is 8.05. The fourth-order valence-corrected chi connectivity index (χ4v) is 12.0. The molecule has 0 fully saturated rings. The van der Waals surface area contributed by atoms with Gasteiger partial charge in [-0.15, -0.1) is 34.0 Å². The molecule has 3 nitrogen and oxygen atoms in total. The highest BCUT2D eigenvalue weighted by atomic mass is 32.1. The molecule has 0 saturated heterocycles. The lowest BCUT2D eigenvalue weighted by Crippen LogP contribution is -2.04. The van der Waals surface area contributed by atoms with E-state index >= 15 is 0 Å². The molecule has 7 aromatic carbocycles. The molecule has 232 valence electrons. The van der Waals surface area contributed by atoms with E-state index in [0.717, 1.165) is 33.1 Å². The zero-order valence-corrected chi connectivity index (χ0v) is 28.8. The Balaban J connectivity index is 1.27. The predicted octanol–water partition coefficient (Wildman–Crippen LogP) is 13.5. The van der Waals surface area contributed by atoms with Crippen LogP contribution < -0.4 is 0 Å². The summed E-state index contributed by atoms with van der Waals surface area (Å²) in [5.74, 6) is 0.702. The minimum absolute atomic E-state index is 0.702. The Kier molecular flexibility index (Phi) is 5.42. The van der Waals surface area contributed by atoms with Crippen molar-refractivity contribution in [2.24, 2.45) is 0 Å². The molecule has 0 atom stereocenters. The number of thiophene rings is 3. The van der Waals surface area contributed by atoms with Gasteiger partial charge in [-0.2, -0.15) is 0 Å². The van der Waals surface area contributed by atoms with Crippen LogP contribution >= 0.6 is 34.0 Å². The van der Waals surface area contributed by atoms with Crippen molar-refractivity contribution in [1.82, 2.24) is 14.5 Å². The Labute approximate surface area is 296 Å². The van der Waals surface area contributed by atoms with Crippen LogP contribution in [0.4, 0.5) is 0 Å². The van der Waals surface area contributed by atoms with Crippen LogP contribution in [0.15, 0.2) is 140 Å². The van der Waals surface area contributed by atoms with Gasteiger partial charge in [0.15, 0.2) is 0 Å². The highest BCUT2D eigenvalue weighted by molar-refractivity contribution is 7.37. The van der Waals surface area contributed by atoms with Gasteiger partial charge in [-0.1, -0.05) is 115 Å². The Morgan fingerprint density at radius 3 is 1.86 bits per heavy atom. The topological polar surface area (TPSA) is 30.7 Å². The lowest BCUT2D eigenvalue weighted by molar-refractivity contribution is 1.02. The number of hydrogen-bond acceptors (Lipinski definition) is 5. The summed E-state index contributed by atoms with van der Waals surface area (Å²) in [6.07, 6.45) is 0. The Morgan fingerprint density at radius 2 is 1.04 bits per heavy atom. The third kappa shape index (κ3) is 3.57. The molecule has 5 heterocycles. The number of aromatic nitrogens is 3. The number of benzene rings is 7. The molecule has 6 heteroatoms. The summed E-state index contributed by atoms with van der Waals surface area (Å²) in [5, 5.41) is 11.0. The zero-order chi connectivity index (χ0) is 32.5. The van der Waals surface area contributed by atoms with Gasteiger partial charge in [0.2, 0.25) is 5.95 Å². The van der Waals surface area contributed by atoms with Gasteiger partial charge >= 0.3 is 0 Å². The third-order valence-corrected chi connectivity index (χ3v) is 13.9. The number of nitrogens with zero attached hydrogens (tertiary/aromatic N) is 3. The lowest BCUT2D eigenvalue weighted by atomic mass is 9.94. The highest BCUT2D eigenvalue weighted by Gasteiger charge is 2.24. The third-order valence-electron chi connectivity index (χ3n) is 10.2. The second-order valence-electron chi connectivity index (χ2n) is 12.9. The first kappa shape index (κ1) is 27.2. The van der Waals surface area contributed by atoms with Crippen LogP contribution in [-0.4, -0.2) is 14.5 Å². The highest BCUT2D eigenvalue weighted by Crippen LogP contribution is 2.49. The summed E-state index contributed by atoms with van der Waals surface area (Å²) < 4.78 is 10.1. The molecule has 5 aromatic heterocycles. The van der Waals surface area contributed by atoms with Crippen LogP contribution in [0.3, 0.4) is 0 Å². The Hall–Kier alpha value is -5.66. The van der Waals surface area contributed by atoms with Crippen molar-refractivity contribution in [3.63, 3.8) is 0 Å². The van der Waals surface area contributed by atoms with Crippen LogP contribution in [0.25, 0.3) is 110 Å². The van der Waals surface area contributed by atoms with E-state index in [2.05, 4.69) is 144 Å². The molecule has 0 unspecified atom stereocenters. The number of fused-ring (bicyclic) bond motifs is 16. The predicted molar refractivity (Wildman–Crippen MR) is 218 cm³/mol. The maximum atomic E-state index is 5.64. The molecule has 50 heavy (non-hydrogen) atoms. The molecular formula is C44H23N3S3. The van der Waals surface area contributed by atoms with Crippen LogP contribution in [0.1, 0.15) is 0 Å². The first-order valence-electron chi connectivity index (χ1n) is 16.7. The lowest BCUT2D eigenvalue weighted by Gasteiger charge is -2.16. The van der Waals surface area contributed by atoms with E-state index in [0.29, 0.717) is 5.95 Å². The van der Waals surface area contributed by atoms with Crippen molar-refractivity contribution in [3.8, 4) is 17.2 Å². The SMILES string of the molecule is c1ccc2c(c1)sc1cc(-c3nc(-n4c5ccccc5c5sc6c7ccccc7sc6c54)nc4c5ccccc5c5ccccc5c34)ccc12. The Morgan fingerprint density at radius 1 is 0.420 bits per heavy atom. The van der Waals surface area contributed by atoms with Gasteiger partial charge in [-0.3, -0.25) is 4.57 Å². The molecule has 0 bridgehead atoms. The van der Waals surface area contributed by atoms with Crippen molar-refractivity contribution < 1.29 is 0 Å². The maximum Gasteiger partial charge on any atom is 0.235 e. The van der Waals surface area contributed by atoms with E-state index in [-0.39, 0.29) is 0 Å². The minimum atomic E-state index is 0.702. The van der Waals surface area contributed by atoms with E-state index in [1.165, 1.54) is 71.4 Å². The summed E-state index contributed by atoms with van der Waals surface area (Å²) in [7, 11) is 0. The van der Waals surface area contributed by atoms with Crippen LogP contribution in [-0.2, 0) is 0 Å². The second kappa shape index (κ2) is 9.96. The zero-order valence-electron chi connectivity index (χ0n) is 26.3. The molecule has 0 N–H and O–H groups in total. The minimum Gasteiger partial charge on any atom is -0.276 e. The molecule has 0 radical (unpaired) electrons. The normalized spacial score (nSPS) is 12.4. The molecule has 0 saturated carbocycles. The van der Waals surface area contributed by atoms with Crippen molar-refractivity contribution in [2.45, 2.75) is 0 Å². The smallest absolute Gasteiger partial charge is 0.235 e. The number of hydrogen-bond donors (Lipinski definition) is 0. The van der Waals surface area contributed by atoms with Crippen molar-refractivity contribution in [1.29, 1.82) is 0 Å². The van der Waals surface area contributed by atoms with Gasteiger partial charge < -0.3 is 0 Å². The average molecular weight is 690 g/mol. The standard InChI is InChI=1S/C44H23N3S3/c1-3-14-29-25(11-1)26-12-2-4-15-30(26)39-37(29)38(24-21-22-28-27-13-6-9-19-34(27)48-36(28)23-24)45-44(46-39)47-33-18-8-5-16-31(33)41-40(47)43-42(50-41)32-17-7-10-20-35(32)49-43/h1-23H. The molecule has 0 spiro atoms. The quantitative estimate of drug-likeness (QED) is 0.169. The van der Waals surface area contributed by atoms with E-state index in [9.17, 15) is 0 Å². The van der Waals surface area contributed by atoms with Gasteiger partial charge in [0, 0.05) is 52.0 Å². The first-order chi connectivity index (χ1) is 24.8. The molecule has 0 amide bonds. The number of rotatable bonds is 2. The Bertz CT molecular complexity index is 3400. The van der Waals surface area contributed by atoms with Gasteiger partial charge in [-0.05, 0) is 40.4 Å². The maximum absolute atomic E-state index is 5.64. The monoisotopic (exact) mass is 689 g/mol. The molecule has 0 aliphatic carbocycles. The van der Waals surface area contributed by atoms with E-state index in [1.807, 2.05) is 34.0 Å². The van der Waals surface area contributed by atoms with Crippen molar-refractivity contribution >= 4 is 127 Å². The molecule has 0 aliphatic rings. The van der Waals surface area contributed by atoms with E-state index in [4.69, 9.17) is 9.97 Å². The largest absolute Gasteiger partial charge is 0.276 e. The average Bonchev–Trinajstić information content (AvgIpc) is 3.91. The molecular weight excluding hydrogens is 667 g/mol. The fraction of sp³-hybridized carbons (Fsp3) is 0. The van der Waals surface area contributed by atoms with Gasteiger partial charge in [0.1, 0.15) is 0 Å². The van der Waals surface area contributed by atoms with Crippen LogP contribution in [0, 0.1) is 0 Å². The summed E-state index contributed by atoms with van der Waals surface area (Å²) in [6, 6.07) is 50.5. The van der Waals surface area contributed by atoms with E-state index < -0.39 is 0 Å². The van der Waals surface area contributed by atoms with E-state index in [1.54, 1.807) is 0 Å². The van der Waals surface area contributed by atoms with Crippen LogP contribution in [0.2, 0.25) is 0 Å². The van der Waals surface area contributed by atoms with Crippen molar-refractivity contribution in [2.75, 3.05) is 0 Å². The van der Waals surface area contributed by atoms with Gasteiger partial charge in [0.25, 0.3) is 0 Å². The number of para-hydroxylation sites is 1. The first-order valence-corrected chi connectivity index (χ1v) is 19.1. The summed E-state index contributed by atoms with van der Waals surface area (Å²) in [4.78, 5) is 11.2. The summed E-state index contributed by atoms with van der Waals surface area (Å²) >= 11 is 5.61. The molecule has 0 aliphatic heterocycles. The van der Waals surface area contributed by atoms with Gasteiger partial charge in [-0.25, -0.2) is 9.97 Å². The summed E-state index contributed by atoms with van der Waals surface area (Å²) in [5.41, 5.74) is 5.36. The molecule has 12 aromatic rings. The summed E-state index contributed by atoms with van der Waals surface area (Å²) in [6.45, 7) is 0. The van der Waals surface area contributed by atoms with Crippen LogP contribution in [0.5, 0.6) is 0 Å². The second-order valence-corrected chi connectivity index (χ2v) is 16.0. The van der Waals surface area contributed by atoms with Gasteiger partial charge in [0.05, 0.1) is 36.3 Å². The van der Waals surface area contributed by atoms with Crippen molar-refractivity contribution in [3.05, 3.63) is 140 Å². The molecule has 12 rings (SSSR count).